The number of nitrogens with zero attached hydrogens (tertiary/aromatic N) is 1. The van der Waals surface area contributed by atoms with Crippen LogP contribution in [0.2, 0.25) is 0 Å². The summed E-state index contributed by atoms with van der Waals surface area (Å²) in [5, 5.41) is 0. The molecule has 1 aliphatic rings. The van der Waals surface area contributed by atoms with Crippen LogP contribution in [0.4, 0.5) is 8.78 Å². The second-order valence-electron chi connectivity index (χ2n) is 4.68. The van der Waals surface area contributed by atoms with Crippen LogP contribution in [0.15, 0.2) is 24.3 Å². The van der Waals surface area contributed by atoms with Crippen molar-refractivity contribution in [1.29, 1.82) is 0 Å². The van der Waals surface area contributed by atoms with Crippen LogP contribution in [-0.2, 0) is 6.54 Å². The molecule has 0 radical (unpaired) electrons. The molecule has 2 rings (SSSR count). The van der Waals surface area contributed by atoms with Gasteiger partial charge in [-0.15, -0.1) is 12.4 Å². The summed E-state index contributed by atoms with van der Waals surface area (Å²) in [4.78, 5) is 2.23. The Morgan fingerprint density at radius 3 is 2.83 bits per heavy atom. The first-order valence-corrected chi connectivity index (χ1v) is 6.00. The fourth-order valence-corrected chi connectivity index (χ4v) is 2.32. The van der Waals surface area contributed by atoms with E-state index in [1.807, 2.05) is 6.07 Å². The van der Waals surface area contributed by atoms with Crippen LogP contribution in [0.25, 0.3) is 0 Å². The maximum atomic E-state index is 12.6. The highest BCUT2D eigenvalue weighted by Crippen LogP contribution is 2.20. The average Bonchev–Trinajstić information content (AvgIpc) is 2.29. The van der Waals surface area contributed by atoms with Crippen LogP contribution in [0, 0.1) is 0 Å². The van der Waals surface area contributed by atoms with Crippen LogP contribution in [0.3, 0.4) is 0 Å². The van der Waals surface area contributed by atoms with Crippen molar-refractivity contribution < 1.29 is 8.78 Å². The maximum absolute atomic E-state index is 12.6. The number of halogens is 3. The molecule has 18 heavy (non-hydrogen) atoms. The van der Waals surface area contributed by atoms with Gasteiger partial charge in [-0.2, -0.15) is 0 Å². The van der Waals surface area contributed by atoms with Gasteiger partial charge in [0.25, 0.3) is 6.43 Å². The minimum absolute atomic E-state index is 0. The Hall–Kier alpha value is -0.710. The van der Waals surface area contributed by atoms with E-state index in [9.17, 15) is 8.78 Å². The summed E-state index contributed by atoms with van der Waals surface area (Å²) in [6.45, 7) is 2.58. The number of likely N-dealkylation sites (tertiary alicyclic amines) is 1. The summed E-state index contributed by atoms with van der Waals surface area (Å²) in [6, 6.07) is 6.87. The van der Waals surface area contributed by atoms with Crippen molar-refractivity contribution >= 4 is 12.4 Å². The van der Waals surface area contributed by atoms with Crippen LogP contribution >= 0.6 is 12.4 Å². The van der Waals surface area contributed by atoms with Crippen molar-refractivity contribution in [3.05, 3.63) is 35.4 Å². The molecule has 1 heterocycles. The number of nitrogens with two attached hydrogens (primary N) is 1. The smallest absolute Gasteiger partial charge is 0.263 e. The zero-order chi connectivity index (χ0) is 12.3. The summed E-state index contributed by atoms with van der Waals surface area (Å²) < 4.78 is 25.1. The molecule has 1 aliphatic heterocycles. The molecule has 0 spiro atoms. The van der Waals surface area contributed by atoms with E-state index in [0.717, 1.165) is 31.5 Å². The lowest BCUT2D eigenvalue weighted by Crippen LogP contribution is -2.42. The molecule has 1 saturated heterocycles. The second kappa shape index (κ2) is 7.02. The van der Waals surface area contributed by atoms with Crippen molar-refractivity contribution in [3.63, 3.8) is 0 Å². The fourth-order valence-electron chi connectivity index (χ4n) is 2.32. The Kier molecular flexibility index (Phi) is 5.99. The largest absolute Gasteiger partial charge is 0.327 e. The molecular formula is C13H19ClF2N2. The van der Waals surface area contributed by atoms with Gasteiger partial charge in [-0.05, 0) is 31.0 Å². The van der Waals surface area contributed by atoms with E-state index >= 15 is 0 Å². The Morgan fingerprint density at radius 2 is 2.17 bits per heavy atom. The predicted octanol–water partition coefficient (Wildman–Crippen LogP) is 2.97. The molecule has 102 valence electrons. The van der Waals surface area contributed by atoms with Crippen molar-refractivity contribution in [2.24, 2.45) is 5.73 Å². The van der Waals surface area contributed by atoms with Gasteiger partial charge >= 0.3 is 0 Å². The Bertz CT molecular complexity index is 374. The molecule has 1 fully saturated rings. The molecule has 1 unspecified atom stereocenters. The number of rotatable bonds is 3. The van der Waals surface area contributed by atoms with Gasteiger partial charge in [0.05, 0.1) is 0 Å². The Balaban J connectivity index is 0.00000162. The van der Waals surface area contributed by atoms with E-state index in [1.54, 1.807) is 12.1 Å². The lowest BCUT2D eigenvalue weighted by Gasteiger charge is -2.30. The zero-order valence-electron chi connectivity index (χ0n) is 10.2. The lowest BCUT2D eigenvalue weighted by atomic mass is 10.0. The number of alkyl halides is 2. The molecule has 5 heteroatoms. The van der Waals surface area contributed by atoms with Gasteiger partial charge in [-0.1, -0.05) is 18.2 Å². The molecule has 1 aromatic carbocycles. The number of hydrogen-bond donors (Lipinski definition) is 1. The highest BCUT2D eigenvalue weighted by atomic mass is 35.5. The zero-order valence-corrected chi connectivity index (χ0v) is 11.0. The monoisotopic (exact) mass is 276 g/mol. The lowest BCUT2D eigenvalue weighted by molar-refractivity contribution is 0.151. The standard InChI is InChI=1S/C13H18F2N2.ClH/c14-13(15)11-4-1-3-10(7-11)8-17-6-2-5-12(16)9-17;/h1,3-4,7,12-13H,2,5-6,8-9,16H2;1H. The van der Waals surface area contributed by atoms with Crippen molar-refractivity contribution in [1.82, 2.24) is 4.90 Å². The molecule has 0 aromatic heterocycles. The van der Waals surface area contributed by atoms with E-state index in [-0.39, 0.29) is 24.0 Å². The molecule has 2 nitrogen and oxygen atoms in total. The minimum atomic E-state index is -2.39. The van der Waals surface area contributed by atoms with E-state index in [1.165, 1.54) is 6.07 Å². The van der Waals surface area contributed by atoms with Gasteiger partial charge in [0.1, 0.15) is 0 Å². The summed E-state index contributed by atoms with van der Waals surface area (Å²) in [7, 11) is 0. The average molecular weight is 277 g/mol. The third-order valence-corrected chi connectivity index (χ3v) is 3.15. The Morgan fingerprint density at radius 1 is 1.39 bits per heavy atom. The van der Waals surface area contributed by atoms with E-state index in [4.69, 9.17) is 5.73 Å². The topological polar surface area (TPSA) is 29.3 Å². The minimum Gasteiger partial charge on any atom is -0.327 e. The van der Waals surface area contributed by atoms with Gasteiger partial charge in [-0.3, -0.25) is 4.90 Å². The molecule has 0 bridgehead atoms. The van der Waals surface area contributed by atoms with Gasteiger partial charge in [0, 0.05) is 24.7 Å². The van der Waals surface area contributed by atoms with Gasteiger partial charge < -0.3 is 5.73 Å². The van der Waals surface area contributed by atoms with Crippen LogP contribution < -0.4 is 5.73 Å². The van der Waals surface area contributed by atoms with Crippen LogP contribution in [-0.4, -0.2) is 24.0 Å². The van der Waals surface area contributed by atoms with E-state index in [2.05, 4.69) is 4.90 Å². The predicted molar refractivity (Wildman–Crippen MR) is 71.1 cm³/mol. The van der Waals surface area contributed by atoms with E-state index in [0.29, 0.717) is 6.54 Å². The van der Waals surface area contributed by atoms with Crippen LogP contribution in [0.1, 0.15) is 30.4 Å². The third-order valence-electron chi connectivity index (χ3n) is 3.15. The summed E-state index contributed by atoms with van der Waals surface area (Å²) in [5.74, 6) is 0. The first kappa shape index (κ1) is 15.3. The normalized spacial score (nSPS) is 20.8. The van der Waals surface area contributed by atoms with Gasteiger partial charge in [0.15, 0.2) is 0 Å². The molecule has 1 aromatic rings. The molecule has 0 amide bonds. The molecule has 0 saturated carbocycles. The third kappa shape index (κ3) is 4.19. The van der Waals surface area contributed by atoms with Crippen molar-refractivity contribution in [3.8, 4) is 0 Å². The summed E-state index contributed by atoms with van der Waals surface area (Å²) >= 11 is 0. The van der Waals surface area contributed by atoms with Crippen molar-refractivity contribution in [2.45, 2.75) is 31.9 Å². The number of hydrogen-bond acceptors (Lipinski definition) is 2. The number of benzene rings is 1. The van der Waals surface area contributed by atoms with E-state index < -0.39 is 6.43 Å². The second-order valence-corrected chi connectivity index (χ2v) is 4.68. The van der Waals surface area contributed by atoms with Crippen LogP contribution in [0.5, 0.6) is 0 Å². The molecule has 1 atom stereocenters. The quantitative estimate of drug-likeness (QED) is 0.920. The summed E-state index contributed by atoms with van der Waals surface area (Å²) in [6.07, 6.45) is -0.234. The Labute approximate surface area is 113 Å². The van der Waals surface area contributed by atoms with Crippen molar-refractivity contribution in [2.75, 3.05) is 13.1 Å². The SMILES string of the molecule is Cl.NC1CCCN(Cc2cccc(C(F)F)c2)C1. The summed E-state index contributed by atoms with van der Waals surface area (Å²) in [5.41, 5.74) is 6.94. The van der Waals surface area contributed by atoms with Gasteiger partial charge in [-0.25, -0.2) is 8.78 Å². The first-order valence-electron chi connectivity index (χ1n) is 6.00. The number of piperidine rings is 1. The highest BCUT2D eigenvalue weighted by Gasteiger charge is 2.17. The molecular weight excluding hydrogens is 258 g/mol. The fraction of sp³-hybridized carbons (Fsp3) is 0.538. The first-order chi connectivity index (χ1) is 8.15. The molecule has 0 aliphatic carbocycles. The molecule has 2 N–H and O–H groups in total. The van der Waals surface area contributed by atoms with Gasteiger partial charge in [0.2, 0.25) is 0 Å². The highest BCUT2D eigenvalue weighted by molar-refractivity contribution is 5.85. The maximum Gasteiger partial charge on any atom is 0.263 e.